The summed E-state index contributed by atoms with van der Waals surface area (Å²) in [6, 6.07) is 6.70. The van der Waals surface area contributed by atoms with Crippen LogP contribution in [0.15, 0.2) is 33.9 Å². The van der Waals surface area contributed by atoms with Crippen LogP contribution in [-0.4, -0.2) is 15.9 Å². The minimum absolute atomic E-state index is 0.0258. The van der Waals surface area contributed by atoms with Gasteiger partial charge in [-0.15, -0.1) is 0 Å². The summed E-state index contributed by atoms with van der Waals surface area (Å²) in [7, 11) is 0. The van der Waals surface area contributed by atoms with Crippen LogP contribution in [0, 0.1) is 0 Å². The topological polar surface area (TPSA) is 118 Å². The normalized spacial score (nSPS) is 17.1. The molecule has 0 bridgehead atoms. The van der Waals surface area contributed by atoms with E-state index in [9.17, 15) is 14.4 Å². The van der Waals surface area contributed by atoms with Crippen LogP contribution in [0.2, 0.25) is 0 Å². The zero-order chi connectivity index (χ0) is 13.6. The van der Waals surface area contributed by atoms with Crippen LogP contribution >= 0.6 is 0 Å². The zero-order valence-electron chi connectivity index (χ0n) is 9.60. The number of nitrogens with one attached hydrogen (secondary N) is 2. The lowest BCUT2D eigenvalue weighted by Crippen LogP contribution is -2.29. The van der Waals surface area contributed by atoms with Crippen molar-refractivity contribution in [3.63, 3.8) is 0 Å². The smallest absolute Gasteiger partial charge is 0.339 e. The molecule has 7 heteroatoms. The average Bonchev–Trinajstić information content (AvgIpc) is 2.67. The quantitative estimate of drug-likeness (QED) is 0.618. The first-order chi connectivity index (χ1) is 9.08. The van der Waals surface area contributed by atoms with E-state index >= 15 is 0 Å². The second kappa shape index (κ2) is 3.84. The minimum Gasteiger partial charge on any atom is -0.449 e. The Hall–Kier alpha value is -2.83. The molecule has 1 aliphatic heterocycles. The van der Waals surface area contributed by atoms with Crippen molar-refractivity contribution in [1.82, 2.24) is 9.97 Å². The molecule has 4 N–H and O–H groups in total. The molecular formula is C12H9N3O4. The fourth-order valence-corrected chi connectivity index (χ4v) is 2.13. The van der Waals surface area contributed by atoms with Gasteiger partial charge in [-0.25, -0.2) is 9.59 Å². The van der Waals surface area contributed by atoms with Crippen molar-refractivity contribution in [3.05, 3.63) is 61.8 Å². The first kappa shape index (κ1) is 11.3. The SMILES string of the molecule is Nc1[nH]c(=O)[nH]c(=O)c1C1OC(=O)c2ccccc21. The number of carbonyl (C=O) groups excluding carboxylic acids is 1. The molecule has 2 aromatic rings. The first-order valence-electron chi connectivity index (χ1n) is 5.50. The highest BCUT2D eigenvalue weighted by Gasteiger charge is 2.35. The van der Waals surface area contributed by atoms with Crippen LogP contribution < -0.4 is 17.0 Å². The number of benzene rings is 1. The molecule has 7 nitrogen and oxygen atoms in total. The molecule has 96 valence electrons. The van der Waals surface area contributed by atoms with Crippen LogP contribution in [0.25, 0.3) is 0 Å². The minimum atomic E-state index is -0.899. The van der Waals surface area contributed by atoms with Gasteiger partial charge in [0, 0.05) is 5.56 Å². The fourth-order valence-electron chi connectivity index (χ4n) is 2.13. The van der Waals surface area contributed by atoms with Crippen molar-refractivity contribution in [3.8, 4) is 0 Å². The number of fused-ring (bicyclic) bond motifs is 1. The second-order valence-corrected chi connectivity index (χ2v) is 4.11. The van der Waals surface area contributed by atoms with Crippen LogP contribution in [0.5, 0.6) is 0 Å². The van der Waals surface area contributed by atoms with Crippen molar-refractivity contribution in [2.75, 3.05) is 5.73 Å². The third kappa shape index (κ3) is 1.63. The number of H-pyrrole nitrogens is 2. The van der Waals surface area contributed by atoms with E-state index in [1.165, 1.54) is 0 Å². The van der Waals surface area contributed by atoms with Gasteiger partial charge < -0.3 is 10.5 Å². The molecular weight excluding hydrogens is 250 g/mol. The van der Waals surface area contributed by atoms with E-state index < -0.39 is 23.3 Å². The Kier molecular flexibility index (Phi) is 2.28. The molecule has 1 unspecified atom stereocenters. The molecule has 0 spiro atoms. The number of nitrogen functional groups attached to an aromatic ring is 1. The molecule has 2 heterocycles. The van der Waals surface area contributed by atoms with Gasteiger partial charge in [-0.2, -0.15) is 0 Å². The molecule has 1 aromatic heterocycles. The lowest BCUT2D eigenvalue weighted by Gasteiger charge is -2.11. The number of aromatic nitrogens is 2. The molecule has 19 heavy (non-hydrogen) atoms. The largest absolute Gasteiger partial charge is 0.449 e. The lowest BCUT2D eigenvalue weighted by molar-refractivity contribution is 0.0454. The van der Waals surface area contributed by atoms with Gasteiger partial charge in [0.1, 0.15) is 11.4 Å². The van der Waals surface area contributed by atoms with Gasteiger partial charge >= 0.3 is 11.7 Å². The van der Waals surface area contributed by atoms with E-state index in [1.807, 2.05) is 0 Å². The summed E-state index contributed by atoms with van der Waals surface area (Å²) in [5.41, 5.74) is 5.23. The van der Waals surface area contributed by atoms with Gasteiger partial charge in [0.15, 0.2) is 6.10 Å². The van der Waals surface area contributed by atoms with E-state index in [0.29, 0.717) is 11.1 Å². The summed E-state index contributed by atoms with van der Waals surface area (Å²) >= 11 is 0. The Bertz CT molecular complexity index is 790. The number of ether oxygens (including phenoxy) is 1. The number of nitrogens with two attached hydrogens (primary N) is 1. The standard InChI is InChI=1S/C12H9N3O4/c13-9-7(10(16)15-12(18)14-9)8-5-3-1-2-4-6(5)11(17)19-8/h1-4,8H,(H4,13,14,15,16,18). The van der Waals surface area contributed by atoms with Crippen molar-refractivity contribution in [2.45, 2.75) is 6.10 Å². The van der Waals surface area contributed by atoms with E-state index in [0.717, 1.165) is 0 Å². The van der Waals surface area contributed by atoms with Crippen LogP contribution in [-0.2, 0) is 4.74 Å². The number of anilines is 1. The Balaban J connectivity index is 2.24. The number of hydrogen-bond acceptors (Lipinski definition) is 5. The predicted octanol–water partition coefficient (Wildman–Crippen LogP) is -0.0948. The molecule has 0 saturated carbocycles. The molecule has 0 aliphatic carbocycles. The predicted molar refractivity (Wildman–Crippen MR) is 65.8 cm³/mol. The average molecular weight is 259 g/mol. The summed E-state index contributed by atoms with van der Waals surface area (Å²) in [5.74, 6) is -0.631. The number of rotatable bonds is 1. The molecule has 1 aromatic carbocycles. The van der Waals surface area contributed by atoms with E-state index in [4.69, 9.17) is 10.5 Å². The summed E-state index contributed by atoms with van der Waals surface area (Å²) in [5, 5.41) is 0. The van der Waals surface area contributed by atoms with E-state index in [-0.39, 0.29) is 11.4 Å². The van der Waals surface area contributed by atoms with Crippen molar-refractivity contribution in [1.29, 1.82) is 0 Å². The number of esters is 1. The van der Waals surface area contributed by atoms with Gasteiger partial charge in [0.25, 0.3) is 5.56 Å². The first-order valence-corrected chi connectivity index (χ1v) is 5.50. The lowest BCUT2D eigenvalue weighted by atomic mass is 10.0. The number of cyclic esters (lactones) is 1. The number of carbonyl (C=O) groups is 1. The highest BCUT2D eigenvalue weighted by molar-refractivity contribution is 5.94. The maximum absolute atomic E-state index is 11.8. The van der Waals surface area contributed by atoms with Gasteiger partial charge in [0.2, 0.25) is 0 Å². The van der Waals surface area contributed by atoms with Crippen molar-refractivity contribution in [2.24, 2.45) is 0 Å². The van der Waals surface area contributed by atoms with Gasteiger partial charge in [-0.05, 0) is 6.07 Å². The molecule has 0 saturated heterocycles. The summed E-state index contributed by atoms with van der Waals surface area (Å²) in [6.07, 6.45) is -0.899. The summed E-state index contributed by atoms with van der Waals surface area (Å²) < 4.78 is 5.16. The molecule has 1 atom stereocenters. The Morgan fingerprint density at radius 2 is 1.84 bits per heavy atom. The highest BCUT2D eigenvalue weighted by atomic mass is 16.5. The number of hydrogen-bond donors (Lipinski definition) is 3. The number of aromatic amines is 2. The highest BCUT2D eigenvalue weighted by Crippen LogP contribution is 2.35. The van der Waals surface area contributed by atoms with Crippen LogP contribution in [0.4, 0.5) is 5.82 Å². The monoisotopic (exact) mass is 259 g/mol. The van der Waals surface area contributed by atoms with E-state index in [2.05, 4.69) is 9.97 Å². The van der Waals surface area contributed by atoms with Crippen molar-refractivity contribution < 1.29 is 9.53 Å². The fraction of sp³-hybridized carbons (Fsp3) is 0.0833. The molecule has 1 aliphatic rings. The zero-order valence-corrected chi connectivity index (χ0v) is 9.60. The Morgan fingerprint density at radius 3 is 2.58 bits per heavy atom. The maximum atomic E-state index is 11.8. The molecule has 0 radical (unpaired) electrons. The van der Waals surface area contributed by atoms with Crippen molar-refractivity contribution >= 4 is 11.8 Å². The maximum Gasteiger partial charge on any atom is 0.339 e. The van der Waals surface area contributed by atoms with Crippen LogP contribution in [0.1, 0.15) is 27.6 Å². The van der Waals surface area contributed by atoms with E-state index in [1.54, 1.807) is 24.3 Å². The van der Waals surface area contributed by atoms with Gasteiger partial charge in [0.05, 0.1) is 5.56 Å². The van der Waals surface area contributed by atoms with Gasteiger partial charge in [-0.1, -0.05) is 18.2 Å². The third-order valence-electron chi connectivity index (χ3n) is 2.96. The second-order valence-electron chi connectivity index (χ2n) is 4.11. The van der Waals surface area contributed by atoms with Gasteiger partial charge in [-0.3, -0.25) is 14.8 Å². The third-order valence-corrected chi connectivity index (χ3v) is 2.96. The Labute approximate surface area is 106 Å². The summed E-state index contributed by atoms with van der Waals surface area (Å²) in [4.78, 5) is 38.9. The molecule has 0 amide bonds. The molecule has 3 rings (SSSR count). The summed E-state index contributed by atoms with van der Waals surface area (Å²) in [6.45, 7) is 0. The molecule has 0 fully saturated rings. The Morgan fingerprint density at radius 1 is 1.11 bits per heavy atom. The van der Waals surface area contributed by atoms with Crippen LogP contribution in [0.3, 0.4) is 0 Å².